The molecule has 2 rings (SSSR count). The SMILES string of the molecule is CCNC(=NCC(C)(O)c1cnn(C)c1)NCCSc1ccc(Cl)cc1. The lowest BCUT2D eigenvalue weighted by atomic mass is 10.0. The quantitative estimate of drug-likeness (QED) is 0.277. The first-order valence-electron chi connectivity index (χ1n) is 8.53. The number of hydrogen-bond acceptors (Lipinski definition) is 4. The summed E-state index contributed by atoms with van der Waals surface area (Å²) >= 11 is 7.64. The van der Waals surface area contributed by atoms with Crippen molar-refractivity contribution in [2.45, 2.75) is 24.3 Å². The first-order valence-corrected chi connectivity index (χ1v) is 9.89. The van der Waals surface area contributed by atoms with E-state index in [9.17, 15) is 5.11 Å². The fourth-order valence-electron chi connectivity index (χ4n) is 2.23. The zero-order valence-electron chi connectivity index (χ0n) is 15.4. The Bertz CT molecular complexity index is 715. The Labute approximate surface area is 164 Å². The van der Waals surface area contributed by atoms with Crippen LogP contribution in [0.5, 0.6) is 0 Å². The lowest BCUT2D eigenvalue weighted by molar-refractivity contribution is 0.0672. The molecule has 8 heteroatoms. The number of nitrogens with zero attached hydrogens (tertiary/aromatic N) is 3. The van der Waals surface area contributed by atoms with Crippen molar-refractivity contribution in [2.75, 3.05) is 25.4 Å². The van der Waals surface area contributed by atoms with Gasteiger partial charge in [-0.3, -0.25) is 4.68 Å². The van der Waals surface area contributed by atoms with Crippen LogP contribution >= 0.6 is 23.4 Å². The smallest absolute Gasteiger partial charge is 0.191 e. The summed E-state index contributed by atoms with van der Waals surface area (Å²) in [6.45, 7) is 5.52. The van der Waals surface area contributed by atoms with Gasteiger partial charge in [-0.15, -0.1) is 11.8 Å². The van der Waals surface area contributed by atoms with Gasteiger partial charge in [-0.05, 0) is 38.1 Å². The molecule has 1 aromatic heterocycles. The largest absolute Gasteiger partial charge is 0.383 e. The molecule has 26 heavy (non-hydrogen) atoms. The highest BCUT2D eigenvalue weighted by Crippen LogP contribution is 2.20. The summed E-state index contributed by atoms with van der Waals surface area (Å²) in [6, 6.07) is 7.81. The fourth-order valence-corrected chi connectivity index (χ4v) is 3.13. The highest BCUT2D eigenvalue weighted by molar-refractivity contribution is 7.99. The highest BCUT2D eigenvalue weighted by atomic mass is 35.5. The van der Waals surface area contributed by atoms with Crippen LogP contribution < -0.4 is 10.6 Å². The summed E-state index contributed by atoms with van der Waals surface area (Å²) in [5.41, 5.74) is -0.313. The molecule has 142 valence electrons. The Morgan fingerprint density at radius 3 is 2.69 bits per heavy atom. The van der Waals surface area contributed by atoms with E-state index in [4.69, 9.17) is 11.6 Å². The molecule has 1 heterocycles. The molecule has 6 nitrogen and oxygen atoms in total. The standard InChI is InChI=1S/C18H26ClN5OS/c1-4-20-17(21-9-10-26-16-7-5-15(19)6-8-16)22-13-18(2,25)14-11-23-24(3)12-14/h5-8,11-12,25H,4,9-10,13H2,1-3H3,(H2,20,21,22). The van der Waals surface area contributed by atoms with E-state index in [1.54, 1.807) is 35.8 Å². The highest BCUT2D eigenvalue weighted by Gasteiger charge is 2.24. The van der Waals surface area contributed by atoms with Crippen LogP contribution in [0.1, 0.15) is 19.4 Å². The van der Waals surface area contributed by atoms with Gasteiger partial charge in [0.1, 0.15) is 5.60 Å². The summed E-state index contributed by atoms with van der Waals surface area (Å²) in [6.07, 6.45) is 3.47. The van der Waals surface area contributed by atoms with Crippen LogP contribution in [-0.4, -0.2) is 46.2 Å². The molecule has 2 aromatic rings. The zero-order chi connectivity index (χ0) is 19.0. The van der Waals surface area contributed by atoms with Crippen molar-refractivity contribution in [3.8, 4) is 0 Å². The van der Waals surface area contributed by atoms with E-state index >= 15 is 0 Å². The summed E-state index contributed by atoms with van der Waals surface area (Å²) in [4.78, 5) is 5.69. The third kappa shape index (κ3) is 6.55. The van der Waals surface area contributed by atoms with Gasteiger partial charge in [0.05, 0.1) is 12.7 Å². The van der Waals surface area contributed by atoms with Crippen LogP contribution in [0.2, 0.25) is 5.02 Å². The van der Waals surface area contributed by atoms with Gasteiger partial charge in [-0.1, -0.05) is 11.6 Å². The van der Waals surface area contributed by atoms with E-state index in [-0.39, 0.29) is 6.54 Å². The summed E-state index contributed by atoms with van der Waals surface area (Å²) in [5, 5.41) is 22.0. The first kappa shape index (κ1) is 20.6. The minimum Gasteiger partial charge on any atom is -0.383 e. The van der Waals surface area contributed by atoms with E-state index in [2.05, 4.69) is 20.7 Å². The second kappa shape index (κ2) is 9.85. The number of aliphatic hydroxyl groups is 1. The van der Waals surface area contributed by atoms with Crippen LogP contribution in [0.15, 0.2) is 46.5 Å². The Kier molecular flexibility index (Phi) is 7.81. The molecule has 0 saturated carbocycles. The van der Waals surface area contributed by atoms with E-state index in [1.807, 2.05) is 38.2 Å². The van der Waals surface area contributed by atoms with Crippen molar-refractivity contribution in [2.24, 2.45) is 12.0 Å². The fraction of sp³-hybridized carbons (Fsp3) is 0.444. The molecule has 0 bridgehead atoms. The molecule has 0 aliphatic carbocycles. The molecule has 0 radical (unpaired) electrons. The molecular weight excluding hydrogens is 370 g/mol. The number of aromatic nitrogens is 2. The number of guanidine groups is 1. The number of benzene rings is 1. The van der Waals surface area contributed by atoms with Crippen molar-refractivity contribution < 1.29 is 5.11 Å². The van der Waals surface area contributed by atoms with Gasteiger partial charge in [0.25, 0.3) is 0 Å². The van der Waals surface area contributed by atoms with Gasteiger partial charge in [0.2, 0.25) is 0 Å². The number of halogens is 1. The van der Waals surface area contributed by atoms with E-state index in [0.29, 0.717) is 5.96 Å². The maximum atomic E-state index is 10.6. The lowest BCUT2D eigenvalue weighted by Crippen LogP contribution is -2.39. The maximum Gasteiger partial charge on any atom is 0.191 e. The molecule has 1 unspecified atom stereocenters. The predicted octanol–water partition coefficient (Wildman–Crippen LogP) is 2.63. The van der Waals surface area contributed by atoms with Gasteiger partial charge >= 0.3 is 0 Å². The second-order valence-corrected chi connectivity index (χ2v) is 7.71. The Balaban J connectivity index is 1.84. The number of hydrogen-bond donors (Lipinski definition) is 3. The predicted molar refractivity (Wildman–Crippen MR) is 109 cm³/mol. The van der Waals surface area contributed by atoms with Crippen LogP contribution in [0, 0.1) is 0 Å². The molecule has 1 aromatic carbocycles. The van der Waals surface area contributed by atoms with E-state index < -0.39 is 5.60 Å². The summed E-state index contributed by atoms with van der Waals surface area (Å²) in [7, 11) is 1.83. The second-order valence-electron chi connectivity index (χ2n) is 6.10. The number of thioether (sulfide) groups is 1. The number of nitrogens with one attached hydrogen (secondary N) is 2. The van der Waals surface area contributed by atoms with Gasteiger partial charge < -0.3 is 15.7 Å². The van der Waals surface area contributed by atoms with Gasteiger partial charge in [0, 0.05) is 47.6 Å². The molecule has 0 fully saturated rings. The molecule has 0 saturated heterocycles. The van der Waals surface area contributed by atoms with Crippen LogP contribution in [0.25, 0.3) is 0 Å². The molecule has 0 amide bonds. The average molecular weight is 396 g/mol. The molecule has 0 spiro atoms. The third-order valence-electron chi connectivity index (χ3n) is 3.69. The lowest BCUT2D eigenvalue weighted by Gasteiger charge is -2.20. The Hall–Kier alpha value is -1.70. The minimum absolute atomic E-state index is 0.248. The Morgan fingerprint density at radius 2 is 2.08 bits per heavy atom. The number of aryl methyl sites for hydroxylation is 1. The van der Waals surface area contributed by atoms with Gasteiger partial charge in [-0.25, -0.2) is 4.99 Å². The molecule has 1 atom stereocenters. The van der Waals surface area contributed by atoms with Crippen molar-refractivity contribution in [1.82, 2.24) is 20.4 Å². The zero-order valence-corrected chi connectivity index (χ0v) is 16.9. The molecule has 3 N–H and O–H groups in total. The monoisotopic (exact) mass is 395 g/mol. The van der Waals surface area contributed by atoms with Crippen LogP contribution in [0.3, 0.4) is 0 Å². The molecule has 0 aliphatic rings. The van der Waals surface area contributed by atoms with Crippen molar-refractivity contribution in [1.29, 1.82) is 0 Å². The third-order valence-corrected chi connectivity index (χ3v) is 4.96. The first-order chi connectivity index (χ1) is 12.4. The minimum atomic E-state index is -1.06. The van der Waals surface area contributed by atoms with E-state index in [1.165, 1.54) is 4.90 Å². The number of aliphatic imine (C=N–C) groups is 1. The van der Waals surface area contributed by atoms with E-state index in [0.717, 1.165) is 29.4 Å². The number of rotatable bonds is 8. The summed E-state index contributed by atoms with van der Waals surface area (Å²) in [5.74, 6) is 1.58. The summed E-state index contributed by atoms with van der Waals surface area (Å²) < 4.78 is 1.67. The van der Waals surface area contributed by atoms with Crippen LogP contribution in [-0.2, 0) is 12.6 Å². The normalized spacial score (nSPS) is 14.1. The van der Waals surface area contributed by atoms with Crippen LogP contribution in [0.4, 0.5) is 0 Å². The molecule has 0 aliphatic heterocycles. The Morgan fingerprint density at radius 1 is 1.35 bits per heavy atom. The topological polar surface area (TPSA) is 74.5 Å². The van der Waals surface area contributed by atoms with Gasteiger partial charge in [0.15, 0.2) is 5.96 Å². The van der Waals surface area contributed by atoms with Crippen molar-refractivity contribution >= 4 is 29.3 Å². The van der Waals surface area contributed by atoms with Crippen molar-refractivity contribution in [3.05, 3.63) is 47.2 Å². The van der Waals surface area contributed by atoms with Gasteiger partial charge in [-0.2, -0.15) is 5.10 Å². The van der Waals surface area contributed by atoms with Crippen molar-refractivity contribution in [3.63, 3.8) is 0 Å². The average Bonchev–Trinajstić information content (AvgIpc) is 3.05. The maximum absolute atomic E-state index is 10.6. The molecular formula is C18H26ClN5OS.